The lowest BCUT2D eigenvalue weighted by molar-refractivity contribution is 0.184. The van der Waals surface area contributed by atoms with Crippen molar-refractivity contribution in [1.29, 1.82) is 0 Å². The maximum atomic E-state index is 5.37. The monoisotopic (exact) mass is 237 g/mol. The fraction of sp³-hybridized carbons (Fsp3) is 0.769. The molecule has 1 N–H and O–H groups in total. The van der Waals surface area contributed by atoms with E-state index < -0.39 is 0 Å². The molecule has 0 amide bonds. The molecule has 2 heterocycles. The summed E-state index contributed by atoms with van der Waals surface area (Å²) in [5.41, 5.74) is 1.27. The second-order valence-corrected chi connectivity index (χ2v) is 5.08. The third kappa shape index (κ3) is 3.54. The summed E-state index contributed by atoms with van der Waals surface area (Å²) in [6.07, 6.45) is 6.31. The molecule has 1 unspecified atom stereocenters. The molecular weight excluding hydrogens is 214 g/mol. The molecule has 1 aliphatic heterocycles. The van der Waals surface area contributed by atoms with Gasteiger partial charge in [0.2, 0.25) is 0 Å². The van der Waals surface area contributed by atoms with Crippen molar-refractivity contribution in [1.82, 2.24) is 14.9 Å². The van der Waals surface area contributed by atoms with Gasteiger partial charge in [0.1, 0.15) is 0 Å². The van der Waals surface area contributed by atoms with Gasteiger partial charge in [-0.1, -0.05) is 0 Å². The number of aromatic nitrogens is 2. The predicted molar refractivity (Wildman–Crippen MR) is 67.9 cm³/mol. The average Bonchev–Trinajstić information content (AvgIpc) is 2.95. The molecule has 0 bridgehead atoms. The lowest BCUT2D eigenvalue weighted by atomic mass is 10.1. The van der Waals surface area contributed by atoms with Crippen molar-refractivity contribution in [3.05, 3.63) is 18.2 Å². The van der Waals surface area contributed by atoms with E-state index in [1.165, 1.54) is 18.5 Å². The summed E-state index contributed by atoms with van der Waals surface area (Å²) in [5.74, 6) is 0.762. The zero-order chi connectivity index (χ0) is 12.1. The van der Waals surface area contributed by atoms with Crippen molar-refractivity contribution in [3.63, 3.8) is 0 Å². The van der Waals surface area contributed by atoms with Gasteiger partial charge < -0.3 is 14.6 Å². The van der Waals surface area contributed by atoms with Crippen molar-refractivity contribution in [3.8, 4) is 0 Å². The number of imidazole rings is 1. The molecule has 4 nitrogen and oxygen atoms in total. The Morgan fingerprint density at radius 3 is 3.18 bits per heavy atom. The van der Waals surface area contributed by atoms with Crippen molar-refractivity contribution < 1.29 is 4.74 Å². The number of hydrogen-bond acceptors (Lipinski definition) is 3. The van der Waals surface area contributed by atoms with Crippen LogP contribution in [0.3, 0.4) is 0 Å². The average molecular weight is 237 g/mol. The van der Waals surface area contributed by atoms with E-state index in [0.717, 1.165) is 32.2 Å². The van der Waals surface area contributed by atoms with Crippen LogP contribution in [0.15, 0.2) is 12.5 Å². The number of nitrogens with zero attached hydrogens (tertiary/aromatic N) is 2. The van der Waals surface area contributed by atoms with Crippen LogP contribution in [-0.2, 0) is 11.3 Å². The van der Waals surface area contributed by atoms with E-state index >= 15 is 0 Å². The molecule has 1 aliphatic rings. The molecule has 4 heteroatoms. The highest BCUT2D eigenvalue weighted by Gasteiger charge is 2.14. The predicted octanol–water partition coefficient (Wildman–Crippen LogP) is 1.98. The molecule has 2 rings (SSSR count). The number of ether oxygens (including phenoxy) is 1. The first-order valence-electron chi connectivity index (χ1n) is 6.56. The first kappa shape index (κ1) is 12.6. The molecule has 1 fully saturated rings. The van der Waals surface area contributed by atoms with Crippen LogP contribution < -0.4 is 5.32 Å². The van der Waals surface area contributed by atoms with Gasteiger partial charge in [0.05, 0.1) is 12.0 Å². The first-order valence-corrected chi connectivity index (χ1v) is 6.56. The third-order valence-electron chi connectivity index (χ3n) is 3.36. The van der Waals surface area contributed by atoms with Crippen LogP contribution in [0, 0.1) is 5.92 Å². The maximum Gasteiger partial charge on any atom is 0.0951 e. The van der Waals surface area contributed by atoms with Crippen molar-refractivity contribution in [2.75, 3.05) is 19.8 Å². The minimum Gasteiger partial charge on any atom is -0.381 e. The Morgan fingerprint density at radius 1 is 1.59 bits per heavy atom. The topological polar surface area (TPSA) is 39.1 Å². The fourth-order valence-electron chi connectivity index (χ4n) is 2.27. The lowest BCUT2D eigenvalue weighted by Gasteiger charge is -2.13. The Bertz CT molecular complexity index is 329. The van der Waals surface area contributed by atoms with Crippen molar-refractivity contribution in [2.24, 2.45) is 5.92 Å². The molecule has 1 saturated heterocycles. The maximum absolute atomic E-state index is 5.37. The highest BCUT2D eigenvalue weighted by Crippen LogP contribution is 2.15. The first-order chi connectivity index (χ1) is 8.27. The van der Waals surface area contributed by atoms with Gasteiger partial charge in [-0.05, 0) is 39.2 Å². The van der Waals surface area contributed by atoms with Gasteiger partial charge in [0.25, 0.3) is 0 Å². The lowest BCUT2D eigenvalue weighted by Crippen LogP contribution is -2.20. The summed E-state index contributed by atoms with van der Waals surface area (Å²) in [7, 11) is 0. The van der Waals surface area contributed by atoms with Gasteiger partial charge >= 0.3 is 0 Å². The number of rotatable bonds is 6. The highest BCUT2D eigenvalue weighted by molar-refractivity contribution is 4.99. The Kier molecular flexibility index (Phi) is 4.57. The van der Waals surface area contributed by atoms with Gasteiger partial charge in [-0.3, -0.25) is 0 Å². The van der Waals surface area contributed by atoms with E-state index in [-0.39, 0.29) is 0 Å². The Labute approximate surface area is 103 Å². The van der Waals surface area contributed by atoms with Crippen LogP contribution >= 0.6 is 0 Å². The minimum absolute atomic E-state index is 0.484. The van der Waals surface area contributed by atoms with Gasteiger partial charge in [-0.25, -0.2) is 4.98 Å². The summed E-state index contributed by atoms with van der Waals surface area (Å²) in [6.45, 7) is 8.24. The van der Waals surface area contributed by atoms with E-state index in [1.54, 1.807) is 0 Å². The zero-order valence-electron chi connectivity index (χ0n) is 10.9. The Balaban J connectivity index is 1.68. The van der Waals surface area contributed by atoms with Crippen LogP contribution in [0.1, 0.15) is 38.4 Å². The summed E-state index contributed by atoms with van der Waals surface area (Å²) in [6, 6.07) is 0.484. The molecule has 1 atom stereocenters. The molecular formula is C13H23N3O. The van der Waals surface area contributed by atoms with Crippen LogP contribution in [0.4, 0.5) is 0 Å². The number of hydrogen-bond donors (Lipinski definition) is 1. The van der Waals surface area contributed by atoms with Crippen LogP contribution in [0.25, 0.3) is 0 Å². The van der Waals surface area contributed by atoms with E-state index in [1.807, 2.05) is 12.5 Å². The quantitative estimate of drug-likeness (QED) is 0.769. The second-order valence-electron chi connectivity index (χ2n) is 5.08. The fourth-order valence-corrected chi connectivity index (χ4v) is 2.27. The van der Waals surface area contributed by atoms with Crippen molar-refractivity contribution >= 4 is 0 Å². The summed E-state index contributed by atoms with van der Waals surface area (Å²) in [5, 5.41) is 3.49. The molecule has 96 valence electrons. The molecule has 17 heavy (non-hydrogen) atoms. The van der Waals surface area contributed by atoms with E-state index in [9.17, 15) is 0 Å². The standard InChI is InChI=1S/C13H23N3O/c1-11(2)16-10-15-8-13(16)7-14-5-3-12-4-6-17-9-12/h8,10-12,14H,3-7,9H2,1-2H3. The number of nitrogens with one attached hydrogen (secondary N) is 1. The van der Waals surface area contributed by atoms with E-state index in [0.29, 0.717) is 6.04 Å². The molecule has 0 saturated carbocycles. The van der Waals surface area contributed by atoms with Crippen LogP contribution in [0.5, 0.6) is 0 Å². The van der Waals surface area contributed by atoms with E-state index in [4.69, 9.17) is 4.74 Å². The van der Waals surface area contributed by atoms with Gasteiger partial charge in [-0.2, -0.15) is 0 Å². The summed E-state index contributed by atoms with van der Waals surface area (Å²) in [4.78, 5) is 4.20. The Morgan fingerprint density at radius 2 is 2.47 bits per heavy atom. The SMILES string of the molecule is CC(C)n1cncc1CNCCC1CCOC1. The third-order valence-corrected chi connectivity index (χ3v) is 3.36. The molecule has 0 spiro atoms. The molecule has 0 radical (unpaired) electrons. The molecule has 1 aromatic heterocycles. The van der Waals surface area contributed by atoms with Crippen molar-refractivity contribution in [2.45, 2.75) is 39.3 Å². The van der Waals surface area contributed by atoms with Crippen LogP contribution in [-0.4, -0.2) is 29.3 Å². The molecule has 1 aromatic rings. The van der Waals surface area contributed by atoms with Gasteiger partial charge in [0, 0.05) is 32.0 Å². The smallest absolute Gasteiger partial charge is 0.0951 e. The Hall–Kier alpha value is -0.870. The van der Waals surface area contributed by atoms with Crippen LogP contribution in [0.2, 0.25) is 0 Å². The van der Waals surface area contributed by atoms with E-state index in [2.05, 4.69) is 28.7 Å². The summed E-state index contributed by atoms with van der Waals surface area (Å²) < 4.78 is 7.58. The largest absolute Gasteiger partial charge is 0.381 e. The summed E-state index contributed by atoms with van der Waals surface area (Å²) >= 11 is 0. The molecule has 0 aliphatic carbocycles. The van der Waals surface area contributed by atoms with Gasteiger partial charge in [-0.15, -0.1) is 0 Å². The molecule has 0 aromatic carbocycles. The highest BCUT2D eigenvalue weighted by atomic mass is 16.5. The zero-order valence-corrected chi connectivity index (χ0v) is 10.9. The minimum atomic E-state index is 0.484. The van der Waals surface area contributed by atoms with Gasteiger partial charge in [0.15, 0.2) is 0 Å². The second kappa shape index (κ2) is 6.17. The normalized spacial score (nSPS) is 20.3.